The van der Waals surface area contributed by atoms with Crippen LogP contribution in [0.25, 0.3) is 17.5 Å². The van der Waals surface area contributed by atoms with Crippen LogP contribution in [-0.2, 0) is 0 Å². The number of allylic oxidation sites excluding steroid dienone is 1. The molecule has 2 N–H and O–H groups in total. The van der Waals surface area contributed by atoms with Crippen molar-refractivity contribution in [3.63, 3.8) is 0 Å². The predicted molar refractivity (Wildman–Crippen MR) is 74.7 cm³/mol. The number of nitrogens with zero attached hydrogens (tertiary/aromatic N) is 3. The van der Waals surface area contributed by atoms with E-state index in [4.69, 9.17) is 5.73 Å². The number of nitrogens with two attached hydrogens (primary N) is 1. The number of benzene rings is 1. The highest BCUT2D eigenvalue weighted by atomic mass is 15.4. The third kappa shape index (κ3) is 2.77. The molecule has 0 bridgehead atoms. The van der Waals surface area contributed by atoms with Gasteiger partial charge in [0.2, 0.25) is 0 Å². The summed E-state index contributed by atoms with van der Waals surface area (Å²) in [6.07, 6.45) is 3.90. The molecule has 0 aliphatic heterocycles. The van der Waals surface area contributed by atoms with Gasteiger partial charge in [0.15, 0.2) is 5.82 Å². The molecule has 1 heterocycles. The third-order valence-electron chi connectivity index (χ3n) is 2.49. The Morgan fingerprint density at radius 1 is 1.17 bits per heavy atom. The Hall–Kier alpha value is -2.10. The highest BCUT2D eigenvalue weighted by Crippen LogP contribution is 2.23. The average molecular weight is 242 g/mol. The van der Waals surface area contributed by atoms with Crippen molar-refractivity contribution in [3.05, 3.63) is 36.4 Å². The highest BCUT2D eigenvalue weighted by Gasteiger charge is 2.10. The van der Waals surface area contributed by atoms with Gasteiger partial charge in [-0.1, -0.05) is 62.4 Å². The first-order valence-electron chi connectivity index (χ1n) is 5.93. The van der Waals surface area contributed by atoms with Crippen molar-refractivity contribution >= 4 is 12.0 Å². The zero-order valence-electron chi connectivity index (χ0n) is 11.0. The number of hydrogen-bond acceptors (Lipinski definition) is 3. The van der Waals surface area contributed by atoms with Crippen molar-refractivity contribution in [2.45, 2.75) is 20.8 Å². The van der Waals surface area contributed by atoms with Gasteiger partial charge in [-0.15, -0.1) is 5.10 Å². The second-order valence-corrected chi connectivity index (χ2v) is 5.32. The summed E-state index contributed by atoms with van der Waals surface area (Å²) in [5.41, 5.74) is 7.83. The molecule has 0 aliphatic rings. The summed E-state index contributed by atoms with van der Waals surface area (Å²) in [6.45, 7) is 6.36. The van der Waals surface area contributed by atoms with Crippen LogP contribution in [0.5, 0.6) is 0 Å². The molecule has 18 heavy (non-hydrogen) atoms. The van der Waals surface area contributed by atoms with Crippen molar-refractivity contribution in [2.24, 2.45) is 5.41 Å². The average Bonchev–Trinajstić information content (AvgIpc) is 2.68. The van der Waals surface area contributed by atoms with E-state index in [2.05, 4.69) is 31.1 Å². The minimum absolute atomic E-state index is 0.0886. The molecule has 0 amide bonds. The van der Waals surface area contributed by atoms with E-state index in [1.165, 1.54) is 0 Å². The first-order chi connectivity index (χ1) is 8.47. The molecule has 0 spiro atoms. The molecule has 0 unspecified atom stereocenters. The van der Waals surface area contributed by atoms with Gasteiger partial charge in [-0.25, -0.2) is 4.68 Å². The Bertz CT molecular complexity index is 547. The van der Waals surface area contributed by atoms with Crippen LogP contribution < -0.4 is 5.73 Å². The largest absolute Gasteiger partial charge is 0.382 e. The minimum Gasteiger partial charge on any atom is -0.382 e. The number of anilines is 1. The number of aromatic nitrogens is 3. The molecule has 0 saturated heterocycles. The summed E-state index contributed by atoms with van der Waals surface area (Å²) in [4.78, 5) is 0. The number of nitrogen functional groups attached to an aromatic ring is 1. The molecule has 4 nitrogen and oxygen atoms in total. The standard InChI is InChI=1S/C14H18N4/c1-14(2,3)9-10-18-13(15)12(16-17-18)11-7-5-4-6-8-11/h4-10H,15H2,1-3H3/b10-9+. The van der Waals surface area contributed by atoms with Gasteiger partial charge in [0.1, 0.15) is 5.69 Å². The Balaban J connectivity index is 2.33. The fraction of sp³-hybridized carbons (Fsp3) is 0.286. The Kier molecular flexibility index (Phi) is 3.19. The van der Waals surface area contributed by atoms with Crippen LogP contribution in [0.2, 0.25) is 0 Å². The fourth-order valence-electron chi connectivity index (χ4n) is 1.51. The quantitative estimate of drug-likeness (QED) is 0.880. The number of hydrogen-bond donors (Lipinski definition) is 1. The molecule has 0 aliphatic carbocycles. The molecule has 0 saturated carbocycles. The lowest BCUT2D eigenvalue weighted by molar-refractivity contribution is 0.544. The van der Waals surface area contributed by atoms with Gasteiger partial charge in [0, 0.05) is 11.8 Å². The van der Waals surface area contributed by atoms with Gasteiger partial charge >= 0.3 is 0 Å². The summed E-state index contributed by atoms with van der Waals surface area (Å²) < 4.78 is 1.60. The van der Waals surface area contributed by atoms with E-state index >= 15 is 0 Å². The Morgan fingerprint density at radius 2 is 1.83 bits per heavy atom. The van der Waals surface area contributed by atoms with Crippen molar-refractivity contribution in [3.8, 4) is 11.3 Å². The molecule has 1 aromatic carbocycles. The molecule has 0 fully saturated rings. The van der Waals surface area contributed by atoms with Gasteiger partial charge in [-0.05, 0) is 5.41 Å². The van der Waals surface area contributed by atoms with E-state index in [0.29, 0.717) is 11.5 Å². The smallest absolute Gasteiger partial charge is 0.155 e. The van der Waals surface area contributed by atoms with E-state index in [9.17, 15) is 0 Å². The first kappa shape index (κ1) is 12.4. The topological polar surface area (TPSA) is 56.7 Å². The molecule has 0 atom stereocenters. The van der Waals surface area contributed by atoms with Crippen LogP contribution in [0.15, 0.2) is 36.4 Å². The first-order valence-corrected chi connectivity index (χ1v) is 5.93. The van der Waals surface area contributed by atoms with Crippen LogP contribution in [0.3, 0.4) is 0 Å². The van der Waals surface area contributed by atoms with Gasteiger partial charge in [-0.3, -0.25) is 0 Å². The van der Waals surface area contributed by atoms with E-state index in [1.54, 1.807) is 4.68 Å². The van der Waals surface area contributed by atoms with Gasteiger partial charge in [0.25, 0.3) is 0 Å². The summed E-state index contributed by atoms with van der Waals surface area (Å²) in [5.74, 6) is 0.557. The zero-order chi connectivity index (χ0) is 13.2. The lowest BCUT2D eigenvalue weighted by Crippen LogP contribution is -2.02. The van der Waals surface area contributed by atoms with Crippen molar-refractivity contribution in [2.75, 3.05) is 5.73 Å². The summed E-state index contributed by atoms with van der Waals surface area (Å²) in [7, 11) is 0. The minimum atomic E-state index is 0.0886. The SMILES string of the molecule is CC(C)(C)/C=C/n1nnc(-c2ccccc2)c1N. The molecular weight excluding hydrogens is 224 g/mol. The lowest BCUT2D eigenvalue weighted by atomic mass is 9.97. The number of rotatable bonds is 2. The molecule has 2 aromatic rings. The van der Waals surface area contributed by atoms with Crippen molar-refractivity contribution < 1.29 is 0 Å². The summed E-state index contributed by atoms with van der Waals surface area (Å²) >= 11 is 0. The molecule has 94 valence electrons. The lowest BCUT2D eigenvalue weighted by Gasteiger charge is -2.10. The molecule has 4 heteroatoms. The predicted octanol–water partition coefficient (Wildman–Crippen LogP) is 3.04. The van der Waals surface area contributed by atoms with Crippen LogP contribution in [-0.4, -0.2) is 15.0 Å². The second kappa shape index (κ2) is 4.64. The third-order valence-corrected chi connectivity index (χ3v) is 2.49. The van der Waals surface area contributed by atoms with Crippen LogP contribution in [0.1, 0.15) is 20.8 Å². The van der Waals surface area contributed by atoms with Gasteiger partial charge in [-0.2, -0.15) is 0 Å². The van der Waals surface area contributed by atoms with E-state index in [1.807, 2.05) is 42.6 Å². The maximum Gasteiger partial charge on any atom is 0.155 e. The highest BCUT2D eigenvalue weighted by molar-refractivity contribution is 5.70. The molecule has 0 radical (unpaired) electrons. The Labute approximate surface area is 107 Å². The van der Waals surface area contributed by atoms with Crippen LogP contribution >= 0.6 is 0 Å². The maximum absolute atomic E-state index is 6.05. The summed E-state index contributed by atoms with van der Waals surface area (Å²) in [5, 5.41) is 8.17. The van der Waals surface area contributed by atoms with Crippen LogP contribution in [0.4, 0.5) is 5.82 Å². The summed E-state index contributed by atoms with van der Waals surface area (Å²) in [6, 6.07) is 9.82. The van der Waals surface area contributed by atoms with Crippen LogP contribution in [0, 0.1) is 5.41 Å². The monoisotopic (exact) mass is 242 g/mol. The fourth-order valence-corrected chi connectivity index (χ4v) is 1.51. The normalized spacial score (nSPS) is 12.2. The van der Waals surface area contributed by atoms with Crippen molar-refractivity contribution in [1.29, 1.82) is 0 Å². The molecule has 2 rings (SSSR count). The van der Waals surface area contributed by atoms with Crippen molar-refractivity contribution in [1.82, 2.24) is 15.0 Å². The van der Waals surface area contributed by atoms with E-state index in [-0.39, 0.29) is 5.41 Å². The zero-order valence-corrected chi connectivity index (χ0v) is 11.0. The van der Waals surface area contributed by atoms with E-state index < -0.39 is 0 Å². The molecule has 1 aromatic heterocycles. The second-order valence-electron chi connectivity index (χ2n) is 5.32. The maximum atomic E-state index is 6.05. The molecular formula is C14H18N4. The Morgan fingerprint density at radius 3 is 2.44 bits per heavy atom. The van der Waals surface area contributed by atoms with E-state index in [0.717, 1.165) is 5.56 Å². The van der Waals surface area contributed by atoms with Gasteiger partial charge < -0.3 is 5.73 Å². The van der Waals surface area contributed by atoms with Gasteiger partial charge in [0.05, 0.1) is 0 Å².